The molecule has 0 amide bonds. The average Bonchev–Trinajstić information content (AvgIpc) is 2.78. The first-order valence-electron chi connectivity index (χ1n) is 8.50. The number of aldehydes is 1. The number of thioether (sulfide) groups is 1. The number of rotatable bonds is 4. The van der Waals surface area contributed by atoms with E-state index < -0.39 is 5.56 Å². The van der Waals surface area contributed by atoms with Crippen LogP contribution in [0, 0.1) is 0 Å². The van der Waals surface area contributed by atoms with Crippen molar-refractivity contribution in [3.05, 3.63) is 22.0 Å². The summed E-state index contributed by atoms with van der Waals surface area (Å²) in [6.45, 7) is 7.48. The van der Waals surface area contributed by atoms with Gasteiger partial charge in [0.25, 0.3) is 5.56 Å². The summed E-state index contributed by atoms with van der Waals surface area (Å²) in [5, 5.41) is 0.631. The fraction of sp³-hybridized carbons (Fsp3) is 0.444. The Morgan fingerprint density at radius 2 is 2.24 bits per heavy atom. The molecule has 3 N–H and O–H groups in total. The number of carbonyl (C=O) groups excluding carboxylic acids is 1. The molecule has 0 aliphatic carbocycles. The molecule has 1 aromatic carbocycles. The van der Waals surface area contributed by atoms with Crippen molar-refractivity contribution in [2.45, 2.75) is 38.2 Å². The number of anilines is 2. The van der Waals surface area contributed by atoms with E-state index in [1.807, 2.05) is 19.9 Å². The number of nitrogens with one attached hydrogen (secondary N) is 1. The number of fused-ring (bicyclic) bond motifs is 2. The zero-order valence-corrected chi connectivity index (χ0v) is 15.5. The third kappa shape index (κ3) is 3.08. The first-order chi connectivity index (χ1) is 12.0. The Kier molecular flexibility index (Phi) is 4.94. The van der Waals surface area contributed by atoms with Gasteiger partial charge in [-0.05, 0) is 39.0 Å². The van der Waals surface area contributed by atoms with Crippen LogP contribution in [0.5, 0.6) is 5.75 Å². The first kappa shape index (κ1) is 17.7. The normalized spacial score (nSPS) is 14.5. The van der Waals surface area contributed by atoms with Gasteiger partial charge in [-0.2, -0.15) is 0 Å². The number of nitrogens with zero attached hydrogens (tertiary/aromatic N) is 1. The maximum atomic E-state index is 12.5. The van der Waals surface area contributed by atoms with Gasteiger partial charge in [-0.1, -0.05) is 0 Å². The average molecular weight is 361 g/mol. The van der Waals surface area contributed by atoms with Gasteiger partial charge >= 0.3 is 0 Å². The standard InChI is InChI=1S/C18H23N3O3S/c1-4-21-6-5-7-25-13-8-11-12(9-22)17(24-10(2)3)18(23)20-15(11)14(19)16(13)21/h8-10H,4-7,19H2,1-3H3,(H,20,23). The zero-order chi connectivity index (χ0) is 18.1. The Morgan fingerprint density at radius 1 is 1.48 bits per heavy atom. The van der Waals surface area contributed by atoms with E-state index in [0.29, 0.717) is 22.9 Å². The molecule has 7 heteroatoms. The highest BCUT2D eigenvalue weighted by molar-refractivity contribution is 7.99. The largest absolute Gasteiger partial charge is 0.485 e. The number of aromatic amines is 1. The van der Waals surface area contributed by atoms with Gasteiger partial charge in [0, 0.05) is 23.4 Å². The molecule has 0 saturated heterocycles. The molecule has 3 rings (SSSR count). The minimum Gasteiger partial charge on any atom is -0.485 e. The van der Waals surface area contributed by atoms with Crippen LogP contribution < -0.4 is 20.9 Å². The van der Waals surface area contributed by atoms with Gasteiger partial charge in [0.05, 0.1) is 28.6 Å². The molecule has 1 aliphatic heterocycles. The van der Waals surface area contributed by atoms with Crippen molar-refractivity contribution in [3.8, 4) is 5.75 Å². The summed E-state index contributed by atoms with van der Waals surface area (Å²) in [4.78, 5) is 30.3. The van der Waals surface area contributed by atoms with Crippen LogP contribution in [0.25, 0.3) is 10.9 Å². The molecular formula is C18H23N3O3S. The van der Waals surface area contributed by atoms with Crippen LogP contribution in [-0.2, 0) is 0 Å². The molecule has 0 atom stereocenters. The van der Waals surface area contributed by atoms with Gasteiger partial charge in [-0.3, -0.25) is 9.59 Å². The number of hydrogen-bond acceptors (Lipinski definition) is 6. The summed E-state index contributed by atoms with van der Waals surface area (Å²) in [7, 11) is 0. The minimum atomic E-state index is -0.431. The molecule has 25 heavy (non-hydrogen) atoms. The van der Waals surface area contributed by atoms with Crippen LogP contribution in [0.4, 0.5) is 11.4 Å². The summed E-state index contributed by atoms with van der Waals surface area (Å²) in [6, 6.07) is 1.95. The molecule has 0 radical (unpaired) electrons. The van der Waals surface area contributed by atoms with Crippen molar-refractivity contribution in [1.82, 2.24) is 4.98 Å². The van der Waals surface area contributed by atoms with Gasteiger partial charge in [0.1, 0.15) is 0 Å². The van der Waals surface area contributed by atoms with Crippen molar-refractivity contribution in [3.63, 3.8) is 0 Å². The van der Waals surface area contributed by atoms with E-state index in [-0.39, 0.29) is 17.4 Å². The second kappa shape index (κ2) is 7.00. The molecule has 6 nitrogen and oxygen atoms in total. The third-order valence-corrected chi connectivity index (χ3v) is 5.40. The van der Waals surface area contributed by atoms with Gasteiger partial charge < -0.3 is 20.4 Å². The number of carbonyl (C=O) groups is 1. The quantitative estimate of drug-likeness (QED) is 0.643. The number of ether oxygens (including phenoxy) is 1. The van der Waals surface area contributed by atoms with E-state index in [0.717, 1.165) is 35.8 Å². The number of pyridine rings is 1. The number of hydrogen-bond donors (Lipinski definition) is 2. The Labute approximate surface area is 150 Å². The van der Waals surface area contributed by atoms with Crippen molar-refractivity contribution < 1.29 is 9.53 Å². The van der Waals surface area contributed by atoms with E-state index in [4.69, 9.17) is 10.5 Å². The van der Waals surface area contributed by atoms with Gasteiger partial charge in [-0.25, -0.2) is 0 Å². The molecular weight excluding hydrogens is 338 g/mol. The van der Waals surface area contributed by atoms with E-state index in [1.165, 1.54) is 0 Å². The van der Waals surface area contributed by atoms with Crippen LogP contribution in [0.1, 0.15) is 37.6 Å². The lowest BCUT2D eigenvalue weighted by molar-refractivity contribution is 0.111. The van der Waals surface area contributed by atoms with Crippen molar-refractivity contribution in [2.24, 2.45) is 0 Å². The number of H-pyrrole nitrogens is 1. The van der Waals surface area contributed by atoms with Crippen molar-refractivity contribution >= 4 is 40.3 Å². The fourth-order valence-corrected chi connectivity index (χ4v) is 4.27. The molecule has 0 saturated carbocycles. The molecule has 1 aliphatic rings. The lowest BCUT2D eigenvalue weighted by atomic mass is 10.1. The Morgan fingerprint density at radius 3 is 2.88 bits per heavy atom. The van der Waals surface area contributed by atoms with Crippen LogP contribution in [0.15, 0.2) is 15.8 Å². The molecule has 0 unspecified atom stereocenters. The Balaban J connectivity index is 2.36. The smallest absolute Gasteiger partial charge is 0.291 e. The Bertz CT molecular complexity index is 876. The minimum absolute atomic E-state index is 0.0582. The van der Waals surface area contributed by atoms with Crippen molar-refractivity contribution in [1.29, 1.82) is 0 Å². The Hall–Kier alpha value is -2.15. The fourth-order valence-electron chi connectivity index (χ4n) is 3.20. The molecule has 0 fully saturated rings. The van der Waals surface area contributed by atoms with Gasteiger partial charge in [0.15, 0.2) is 12.0 Å². The molecule has 2 aromatic rings. The number of benzene rings is 1. The topological polar surface area (TPSA) is 88.4 Å². The second-order valence-corrected chi connectivity index (χ2v) is 7.46. The molecule has 0 spiro atoms. The van der Waals surface area contributed by atoms with E-state index in [1.54, 1.807) is 11.8 Å². The highest BCUT2D eigenvalue weighted by Crippen LogP contribution is 2.43. The predicted molar refractivity (Wildman–Crippen MR) is 103 cm³/mol. The molecule has 134 valence electrons. The van der Waals surface area contributed by atoms with Crippen LogP contribution in [-0.4, -0.2) is 36.2 Å². The summed E-state index contributed by atoms with van der Waals surface area (Å²) >= 11 is 1.73. The van der Waals surface area contributed by atoms with Crippen molar-refractivity contribution in [2.75, 3.05) is 29.5 Å². The number of nitrogen functional groups attached to an aromatic ring is 1. The summed E-state index contributed by atoms with van der Waals surface area (Å²) in [5.74, 6) is 1.05. The molecule has 1 aromatic heterocycles. The number of nitrogens with two attached hydrogens (primary N) is 1. The first-order valence-corrected chi connectivity index (χ1v) is 9.48. The second-order valence-electron chi connectivity index (χ2n) is 6.32. The highest BCUT2D eigenvalue weighted by atomic mass is 32.2. The lowest BCUT2D eigenvalue weighted by Gasteiger charge is -2.25. The molecule has 2 heterocycles. The van der Waals surface area contributed by atoms with E-state index in [9.17, 15) is 9.59 Å². The van der Waals surface area contributed by atoms with Gasteiger partial charge in [0.2, 0.25) is 0 Å². The number of aromatic nitrogens is 1. The summed E-state index contributed by atoms with van der Waals surface area (Å²) in [5.41, 5.74) is 8.23. The lowest BCUT2D eigenvalue weighted by Crippen LogP contribution is -2.25. The monoisotopic (exact) mass is 361 g/mol. The third-order valence-electron chi connectivity index (χ3n) is 4.28. The maximum absolute atomic E-state index is 12.5. The summed E-state index contributed by atoms with van der Waals surface area (Å²) in [6.07, 6.45) is 1.53. The van der Waals surface area contributed by atoms with Crippen LogP contribution in [0.3, 0.4) is 0 Å². The van der Waals surface area contributed by atoms with Crippen LogP contribution >= 0.6 is 11.8 Å². The highest BCUT2D eigenvalue weighted by Gasteiger charge is 2.23. The maximum Gasteiger partial charge on any atom is 0.291 e. The summed E-state index contributed by atoms with van der Waals surface area (Å²) < 4.78 is 5.59. The SMILES string of the molecule is CCN1CCCSc2cc3c(C=O)c(OC(C)C)c(=O)[nH]c3c(N)c21. The molecule has 0 bridgehead atoms. The van der Waals surface area contributed by atoms with E-state index in [2.05, 4.69) is 16.8 Å². The van der Waals surface area contributed by atoms with E-state index >= 15 is 0 Å². The van der Waals surface area contributed by atoms with Gasteiger partial charge in [-0.15, -0.1) is 11.8 Å². The van der Waals surface area contributed by atoms with Crippen LogP contribution in [0.2, 0.25) is 0 Å². The predicted octanol–water partition coefficient (Wildman–Crippen LogP) is 3.03. The zero-order valence-electron chi connectivity index (χ0n) is 14.7.